The topological polar surface area (TPSA) is 63.4 Å². The Morgan fingerprint density at radius 3 is 2.25 bits per heavy atom. The molecule has 2 N–H and O–H groups in total. The summed E-state index contributed by atoms with van der Waals surface area (Å²) in [5, 5.41) is 0. The van der Waals surface area contributed by atoms with E-state index in [1.807, 2.05) is 19.2 Å². The van der Waals surface area contributed by atoms with E-state index < -0.39 is 9.84 Å². The summed E-state index contributed by atoms with van der Waals surface area (Å²) >= 11 is 0. The highest BCUT2D eigenvalue weighted by Gasteiger charge is 2.07. The third-order valence-corrected chi connectivity index (χ3v) is 3.53. The first kappa shape index (κ1) is 13.0. The van der Waals surface area contributed by atoms with E-state index in [2.05, 4.69) is 4.90 Å². The van der Waals surface area contributed by atoms with Crippen molar-refractivity contribution in [2.24, 2.45) is 5.73 Å². The van der Waals surface area contributed by atoms with Crippen LogP contribution in [0.5, 0.6) is 0 Å². The van der Waals surface area contributed by atoms with Crippen molar-refractivity contribution >= 4 is 15.5 Å². The summed E-state index contributed by atoms with van der Waals surface area (Å²) in [6.45, 7) is 1.53. The third kappa shape index (κ3) is 3.50. The molecule has 90 valence electrons. The van der Waals surface area contributed by atoms with E-state index in [4.69, 9.17) is 5.73 Å². The second-order valence-electron chi connectivity index (χ2n) is 3.83. The van der Waals surface area contributed by atoms with E-state index in [1.54, 1.807) is 12.1 Å². The largest absolute Gasteiger partial charge is 0.375 e. The lowest BCUT2D eigenvalue weighted by atomic mass is 10.3. The first-order valence-electron chi connectivity index (χ1n) is 5.16. The summed E-state index contributed by atoms with van der Waals surface area (Å²) in [4.78, 5) is 2.40. The molecule has 0 spiro atoms. The fraction of sp³-hybridized carbons (Fsp3) is 0.455. The molecule has 0 saturated carbocycles. The third-order valence-electron chi connectivity index (χ3n) is 2.40. The Morgan fingerprint density at radius 1 is 1.25 bits per heavy atom. The molecule has 1 rings (SSSR count). The molecule has 0 saturated heterocycles. The maximum absolute atomic E-state index is 11.3. The van der Waals surface area contributed by atoms with Gasteiger partial charge in [-0.25, -0.2) is 8.42 Å². The van der Waals surface area contributed by atoms with Gasteiger partial charge in [0.15, 0.2) is 9.84 Å². The molecule has 0 bridgehead atoms. The highest BCUT2D eigenvalue weighted by atomic mass is 32.2. The summed E-state index contributed by atoms with van der Waals surface area (Å²) in [6.07, 6.45) is 2.13. The standard InChI is InChI=1S/C11H18N2O2S/c1-13(9-3-8-12)10-4-6-11(7-5-10)16(2,14)15/h4-7H,3,8-9,12H2,1-2H3. The minimum atomic E-state index is -3.10. The summed E-state index contributed by atoms with van der Waals surface area (Å²) in [6, 6.07) is 6.88. The van der Waals surface area contributed by atoms with E-state index >= 15 is 0 Å². The molecule has 0 fully saturated rings. The van der Waals surface area contributed by atoms with Gasteiger partial charge in [-0.15, -0.1) is 0 Å². The summed E-state index contributed by atoms with van der Waals surface area (Å²) in [5.74, 6) is 0. The van der Waals surface area contributed by atoms with Gasteiger partial charge in [-0.05, 0) is 37.2 Å². The molecule has 0 amide bonds. The zero-order valence-corrected chi connectivity index (χ0v) is 10.5. The monoisotopic (exact) mass is 242 g/mol. The maximum atomic E-state index is 11.3. The predicted octanol–water partition coefficient (Wildman–Crippen LogP) is 0.875. The van der Waals surface area contributed by atoms with Crippen molar-refractivity contribution in [3.63, 3.8) is 0 Å². The second-order valence-corrected chi connectivity index (χ2v) is 5.85. The van der Waals surface area contributed by atoms with Crippen molar-refractivity contribution < 1.29 is 8.42 Å². The molecule has 0 atom stereocenters. The number of rotatable bonds is 5. The lowest BCUT2D eigenvalue weighted by Gasteiger charge is -2.18. The van der Waals surface area contributed by atoms with Crippen LogP contribution in [-0.2, 0) is 9.84 Å². The average Bonchev–Trinajstić information content (AvgIpc) is 2.25. The van der Waals surface area contributed by atoms with Crippen molar-refractivity contribution in [1.82, 2.24) is 0 Å². The van der Waals surface area contributed by atoms with Gasteiger partial charge in [-0.2, -0.15) is 0 Å². The van der Waals surface area contributed by atoms with Crippen molar-refractivity contribution in [2.75, 3.05) is 31.3 Å². The summed E-state index contributed by atoms with van der Waals surface area (Å²) in [7, 11) is -1.14. The van der Waals surface area contributed by atoms with Gasteiger partial charge >= 0.3 is 0 Å². The number of sulfone groups is 1. The molecule has 0 aromatic heterocycles. The minimum absolute atomic E-state index is 0.350. The lowest BCUT2D eigenvalue weighted by molar-refractivity contribution is 0.602. The quantitative estimate of drug-likeness (QED) is 0.832. The molecule has 0 heterocycles. The van der Waals surface area contributed by atoms with Gasteiger partial charge in [-0.1, -0.05) is 0 Å². The van der Waals surface area contributed by atoms with E-state index in [0.29, 0.717) is 11.4 Å². The second kappa shape index (κ2) is 5.32. The molecular formula is C11H18N2O2S. The van der Waals surface area contributed by atoms with Crippen LogP contribution in [0.15, 0.2) is 29.2 Å². The smallest absolute Gasteiger partial charge is 0.175 e. The first-order chi connectivity index (χ1) is 7.45. The van der Waals surface area contributed by atoms with Crippen LogP contribution in [0.3, 0.4) is 0 Å². The average molecular weight is 242 g/mol. The number of nitrogens with two attached hydrogens (primary N) is 1. The molecule has 4 nitrogen and oxygen atoms in total. The molecule has 0 aliphatic heterocycles. The molecule has 5 heteroatoms. The number of nitrogens with zero attached hydrogens (tertiary/aromatic N) is 1. The first-order valence-corrected chi connectivity index (χ1v) is 7.05. The zero-order valence-electron chi connectivity index (χ0n) is 9.68. The Balaban J connectivity index is 2.79. The maximum Gasteiger partial charge on any atom is 0.175 e. The summed E-state index contributed by atoms with van der Waals surface area (Å²) in [5.41, 5.74) is 6.43. The molecule has 0 unspecified atom stereocenters. The summed E-state index contributed by atoms with van der Waals surface area (Å²) < 4.78 is 22.5. The van der Waals surface area contributed by atoms with Gasteiger partial charge in [0, 0.05) is 25.5 Å². The van der Waals surface area contributed by atoms with Gasteiger partial charge < -0.3 is 10.6 Å². The number of anilines is 1. The Labute approximate surface area is 97.0 Å². The van der Waals surface area contributed by atoms with Crippen molar-refractivity contribution in [3.05, 3.63) is 24.3 Å². The lowest BCUT2D eigenvalue weighted by Crippen LogP contribution is -2.20. The van der Waals surface area contributed by atoms with Crippen LogP contribution < -0.4 is 10.6 Å². The van der Waals surface area contributed by atoms with E-state index in [9.17, 15) is 8.42 Å². The van der Waals surface area contributed by atoms with Crippen molar-refractivity contribution in [3.8, 4) is 0 Å². The van der Waals surface area contributed by atoms with Gasteiger partial charge in [-0.3, -0.25) is 0 Å². The Hall–Kier alpha value is -1.07. The van der Waals surface area contributed by atoms with Crippen LogP contribution in [0, 0.1) is 0 Å². The normalized spacial score (nSPS) is 11.4. The molecule has 0 aliphatic carbocycles. The fourth-order valence-corrected chi connectivity index (χ4v) is 2.04. The number of hydrogen-bond acceptors (Lipinski definition) is 4. The van der Waals surface area contributed by atoms with Crippen molar-refractivity contribution in [1.29, 1.82) is 0 Å². The highest BCUT2D eigenvalue weighted by Crippen LogP contribution is 2.16. The SMILES string of the molecule is CN(CCCN)c1ccc(S(C)(=O)=O)cc1. The van der Waals surface area contributed by atoms with E-state index in [-0.39, 0.29) is 0 Å². The van der Waals surface area contributed by atoms with Crippen LogP contribution in [0.4, 0.5) is 5.69 Å². The Bertz CT molecular complexity index is 426. The van der Waals surface area contributed by atoms with Crippen LogP contribution in [0.2, 0.25) is 0 Å². The minimum Gasteiger partial charge on any atom is -0.375 e. The highest BCUT2D eigenvalue weighted by molar-refractivity contribution is 7.90. The van der Waals surface area contributed by atoms with E-state index in [1.165, 1.54) is 6.26 Å². The van der Waals surface area contributed by atoms with Crippen LogP contribution in [0.25, 0.3) is 0 Å². The fourth-order valence-electron chi connectivity index (χ4n) is 1.41. The Kier molecular flexibility index (Phi) is 4.32. The van der Waals surface area contributed by atoms with Crippen LogP contribution in [-0.4, -0.2) is 34.8 Å². The molecule has 16 heavy (non-hydrogen) atoms. The van der Waals surface area contributed by atoms with Gasteiger partial charge in [0.2, 0.25) is 0 Å². The van der Waals surface area contributed by atoms with E-state index in [0.717, 1.165) is 18.7 Å². The van der Waals surface area contributed by atoms with Gasteiger partial charge in [0.05, 0.1) is 4.90 Å². The van der Waals surface area contributed by atoms with Gasteiger partial charge in [0.1, 0.15) is 0 Å². The zero-order chi connectivity index (χ0) is 12.2. The molecule has 0 aliphatic rings. The molecule has 1 aromatic rings. The number of hydrogen-bond donors (Lipinski definition) is 1. The molecular weight excluding hydrogens is 224 g/mol. The predicted molar refractivity (Wildman–Crippen MR) is 66.5 cm³/mol. The number of benzene rings is 1. The van der Waals surface area contributed by atoms with Gasteiger partial charge in [0.25, 0.3) is 0 Å². The van der Waals surface area contributed by atoms with Crippen LogP contribution in [0.1, 0.15) is 6.42 Å². The van der Waals surface area contributed by atoms with Crippen LogP contribution >= 0.6 is 0 Å². The van der Waals surface area contributed by atoms with Crippen molar-refractivity contribution in [2.45, 2.75) is 11.3 Å². The molecule has 1 aromatic carbocycles. The Morgan fingerprint density at radius 2 is 1.81 bits per heavy atom. The molecule has 0 radical (unpaired) electrons.